The van der Waals surface area contributed by atoms with Crippen LogP contribution in [0.25, 0.3) is 0 Å². The van der Waals surface area contributed by atoms with Crippen LogP contribution in [0.3, 0.4) is 0 Å². The number of carbonyl (C=O) groups is 1. The quantitative estimate of drug-likeness (QED) is 0.638. The molecule has 6 nitrogen and oxygen atoms in total. The van der Waals surface area contributed by atoms with Crippen molar-refractivity contribution < 1.29 is 17.9 Å². The molecule has 7 heteroatoms. The molecule has 23 heavy (non-hydrogen) atoms. The Morgan fingerprint density at radius 3 is 2.43 bits per heavy atom. The number of rotatable bonds is 10. The first-order valence-electron chi connectivity index (χ1n) is 7.91. The zero-order chi connectivity index (χ0) is 17.3. The molecule has 0 radical (unpaired) electrons. The highest BCUT2D eigenvalue weighted by Gasteiger charge is 2.13. The maximum absolute atomic E-state index is 12.0. The third-order valence-electron chi connectivity index (χ3n) is 3.35. The molecule has 0 aliphatic carbocycles. The van der Waals surface area contributed by atoms with E-state index in [1.165, 1.54) is 12.1 Å². The summed E-state index contributed by atoms with van der Waals surface area (Å²) >= 11 is 0. The molecule has 0 bridgehead atoms. The molecule has 1 atom stereocenters. The van der Waals surface area contributed by atoms with Gasteiger partial charge in [0.1, 0.15) is 5.75 Å². The smallest absolute Gasteiger partial charge is 0.258 e. The van der Waals surface area contributed by atoms with Gasteiger partial charge in [0, 0.05) is 12.6 Å². The van der Waals surface area contributed by atoms with E-state index in [4.69, 9.17) is 4.74 Å². The fraction of sp³-hybridized carbons (Fsp3) is 0.562. The van der Waals surface area contributed by atoms with Gasteiger partial charge in [-0.1, -0.05) is 20.3 Å². The van der Waals surface area contributed by atoms with Gasteiger partial charge in [-0.3, -0.25) is 4.79 Å². The molecule has 1 rings (SSSR count). The summed E-state index contributed by atoms with van der Waals surface area (Å²) in [4.78, 5) is 11.8. The fourth-order valence-corrected chi connectivity index (χ4v) is 2.82. The molecule has 0 unspecified atom stereocenters. The van der Waals surface area contributed by atoms with Gasteiger partial charge in [0.2, 0.25) is 10.0 Å². The molecular formula is C16H26N2O4S. The molecular weight excluding hydrogens is 316 g/mol. The normalized spacial score (nSPS) is 12.7. The number of amides is 1. The molecule has 0 saturated heterocycles. The van der Waals surface area contributed by atoms with Crippen LogP contribution in [-0.4, -0.2) is 33.5 Å². The highest BCUT2D eigenvalue weighted by molar-refractivity contribution is 7.89. The minimum absolute atomic E-state index is 0.0921. The Bertz CT molecular complexity index is 585. The molecule has 0 aliphatic heterocycles. The average molecular weight is 342 g/mol. The molecule has 2 N–H and O–H groups in total. The zero-order valence-electron chi connectivity index (χ0n) is 14.0. The van der Waals surface area contributed by atoms with Crippen LogP contribution in [0, 0.1) is 0 Å². The first kappa shape index (κ1) is 19.4. The number of carbonyl (C=O) groups excluding carboxylic acids is 1. The Labute approximate surface area is 138 Å². The van der Waals surface area contributed by atoms with E-state index in [0.29, 0.717) is 12.3 Å². The summed E-state index contributed by atoms with van der Waals surface area (Å²) in [7, 11) is -3.48. The van der Waals surface area contributed by atoms with Gasteiger partial charge in [0.25, 0.3) is 5.91 Å². The summed E-state index contributed by atoms with van der Waals surface area (Å²) in [5, 5.41) is 2.79. The van der Waals surface area contributed by atoms with Crippen molar-refractivity contribution in [1.82, 2.24) is 10.0 Å². The van der Waals surface area contributed by atoms with E-state index in [1.54, 1.807) is 12.1 Å². The second-order valence-corrected chi connectivity index (χ2v) is 7.16. The van der Waals surface area contributed by atoms with Gasteiger partial charge in [-0.15, -0.1) is 0 Å². The molecule has 0 aromatic heterocycles. The summed E-state index contributed by atoms with van der Waals surface area (Å²) in [5.74, 6) is 0.258. The molecule has 0 aliphatic rings. The predicted molar refractivity (Wildman–Crippen MR) is 89.9 cm³/mol. The summed E-state index contributed by atoms with van der Waals surface area (Å²) in [6.07, 6.45) is 2.57. The first-order chi connectivity index (χ1) is 10.9. The van der Waals surface area contributed by atoms with Crippen molar-refractivity contribution in [1.29, 1.82) is 0 Å². The van der Waals surface area contributed by atoms with Crippen molar-refractivity contribution in [2.45, 2.75) is 51.0 Å². The Morgan fingerprint density at radius 1 is 1.22 bits per heavy atom. The highest BCUT2D eigenvalue weighted by atomic mass is 32.2. The monoisotopic (exact) mass is 342 g/mol. The molecule has 0 fully saturated rings. The lowest BCUT2D eigenvalue weighted by atomic mass is 10.2. The minimum Gasteiger partial charge on any atom is -0.484 e. The lowest BCUT2D eigenvalue weighted by molar-refractivity contribution is -0.123. The highest BCUT2D eigenvalue weighted by Crippen LogP contribution is 2.15. The number of hydrogen-bond donors (Lipinski definition) is 2. The van der Waals surface area contributed by atoms with Crippen molar-refractivity contribution in [3.05, 3.63) is 24.3 Å². The predicted octanol–water partition coefficient (Wildman–Crippen LogP) is 2.06. The molecule has 0 heterocycles. The van der Waals surface area contributed by atoms with E-state index in [9.17, 15) is 13.2 Å². The molecule has 1 aromatic carbocycles. The average Bonchev–Trinajstić information content (AvgIpc) is 2.53. The van der Waals surface area contributed by atoms with Crippen LogP contribution in [0.15, 0.2) is 29.2 Å². The zero-order valence-corrected chi connectivity index (χ0v) is 14.8. The lowest BCUT2D eigenvalue weighted by Gasteiger charge is -2.12. The SMILES string of the molecule is CCCCNS(=O)(=O)c1ccc(OCC(=O)N[C@H](C)CC)cc1. The number of sulfonamides is 1. The van der Waals surface area contributed by atoms with Crippen LogP contribution in [0.2, 0.25) is 0 Å². The van der Waals surface area contributed by atoms with Crippen molar-refractivity contribution >= 4 is 15.9 Å². The minimum atomic E-state index is -3.48. The van der Waals surface area contributed by atoms with Gasteiger partial charge in [-0.05, 0) is 44.0 Å². The van der Waals surface area contributed by atoms with Crippen LogP contribution in [0.5, 0.6) is 5.75 Å². The van der Waals surface area contributed by atoms with Crippen LogP contribution in [0.1, 0.15) is 40.0 Å². The number of ether oxygens (including phenoxy) is 1. The van der Waals surface area contributed by atoms with Crippen molar-refractivity contribution in [3.63, 3.8) is 0 Å². The Hall–Kier alpha value is -1.60. The molecule has 130 valence electrons. The number of hydrogen-bond acceptors (Lipinski definition) is 4. The molecule has 1 amide bonds. The van der Waals surface area contributed by atoms with Gasteiger partial charge in [-0.25, -0.2) is 13.1 Å². The third kappa shape index (κ3) is 7.00. The largest absolute Gasteiger partial charge is 0.484 e. The standard InChI is InChI=1S/C16H26N2O4S/c1-4-6-11-17-23(20,21)15-9-7-14(8-10-15)22-12-16(19)18-13(3)5-2/h7-10,13,17H,4-6,11-12H2,1-3H3,(H,18,19)/t13-/m1/s1. The summed E-state index contributed by atoms with van der Waals surface area (Å²) in [6, 6.07) is 6.13. The second-order valence-electron chi connectivity index (χ2n) is 5.39. The maximum atomic E-state index is 12.0. The van der Waals surface area contributed by atoms with E-state index in [-0.39, 0.29) is 23.5 Å². The van der Waals surface area contributed by atoms with Gasteiger partial charge in [-0.2, -0.15) is 0 Å². The fourth-order valence-electron chi connectivity index (χ4n) is 1.75. The van der Waals surface area contributed by atoms with Gasteiger partial charge in [0.05, 0.1) is 4.90 Å². The van der Waals surface area contributed by atoms with Crippen molar-refractivity contribution in [3.8, 4) is 5.75 Å². The summed E-state index contributed by atoms with van der Waals surface area (Å²) in [5.41, 5.74) is 0. The van der Waals surface area contributed by atoms with E-state index in [0.717, 1.165) is 19.3 Å². The summed E-state index contributed by atoms with van der Waals surface area (Å²) in [6.45, 7) is 6.23. The number of benzene rings is 1. The number of nitrogens with one attached hydrogen (secondary N) is 2. The second kappa shape index (κ2) is 9.52. The first-order valence-corrected chi connectivity index (χ1v) is 9.39. The molecule has 0 saturated carbocycles. The summed E-state index contributed by atoms with van der Waals surface area (Å²) < 4.78 is 31.9. The van der Waals surface area contributed by atoms with Gasteiger partial charge < -0.3 is 10.1 Å². The van der Waals surface area contributed by atoms with Crippen LogP contribution < -0.4 is 14.8 Å². The maximum Gasteiger partial charge on any atom is 0.258 e. The van der Waals surface area contributed by atoms with Gasteiger partial charge in [0.15, 0.2) is 6.61 Å². The number of unbranched alkanes of at least 4 members (excludes halogenated alkanes) is 1. The van der Waals surface area contributed by atoms with Crippen molar-refractivity contribution in [2.75, 3.05) is 13.2 Å². The van der Waals surface area contributed by atoms with Crippen molar-refractivity contribution in [2.24, 2.45) is 0 Å². The Kier molecular flexibility index (Phi) is 8.05. The lowest BCUT2D eigenvalue weighted by Crippen LogP contribution is -2.35. The van der Waals surface area contributed by atoms with E-state index in [1.807, 2.05) is 20.8 Å². The Morgan fingerprint density at radius 2 is 1.87 bits per heavy atom. The Balaban J connectivity index is 2.54. The van der Waals surface area contributed by atoms with Crippen LogP contribution >= 0.6 is 0 Å². The molecule has 0 spiro atoms. The van der Waals surface area contributed by atoms with Crippen LogP contribution in [-0.2, 0) is 14.8 Å². The topological polar surface area (TPSA) is 84.5 Å². The van der Waals surface area contributed by atoms with Crippen LogP contribution in [0.4, 0.5) is 0 Å². The van der Waals surface area contributed by atoms with E-state index < -0.39 is 10.0 Å². The third-order valence-corrected chi connectivity index (χ3v) is 4.82. The van der Waals surface area contributed by atoms with E-state index in [2.05, 4.69) is 10.0 Å². The van der Waals surface area contributed by atoms with E-state index >= 15 is 0 Å². The van der Waals surface area contributed by atoms with Gasteiger partial charge >= 0.3 is 0 Å². The molecule has 1 aromatic rings.